The zero-order valence-corrected chi connectivity index (χ0v) is 18.2. The van der Waals surface area contributed by atoms with Gasteiger partial charge in [-0.1, -0.05) is 12.1 Å². The Balaban J connectivity index is 1.63. The third kappa shape index (κ3) is 6.11. The van der Waals surface area contributed by atoms with Crippen molar-refractivity contribution in [3.63, 3.8) is 0 Å². The molecule has 1 aliphatic rings. The molecule has 1 heterocycles. The van der Waals surface area contributed by atoms with Gasteiger partial charge in [-0.3, -0.25) is 0 Å². The Bertz CT molecular complexity index is 903. The number of ether oxygens (including phenoxy) is 2. The van der Waals surface area contributed by atoms with Gasteiger partial charge in [-0.05, 0) is 61.7 Å². The van der Waals surface area contributed by atoms with Crippen LogP contribution in [0.15, 0.2) is 48.5 Å². The zero-order valence-electron chi connectivity index (χ0n) is 18.2. The third-order valence-corrected chi connectivity index (χ3v) is 5.42. The van der Waals surface area contributed by atoms with Gasteiger partial charge in [0, 0.05) is 38.2 Å². The van der Waals surface area contributed by atoms with Gasteiger partial charge in [-0.25, -0.2) is 9.59 Å². The molecule has 8 nitrogen and oxygen atoms in total. The van der Waals surface area contributed by atoms with E-state index in [1.165, 1.54) is 0 Å². The van der Waals surface area contributed by atoms with Gasteiger partial charge in [-0.15, -0.1) is 0 Å². The second-order valence-electron chi connectivity index (χ2n) is 7.80. The Labute approximate surface area is 182 Å². The van der Waals surface area contributed by atoms with Crippen LogP contribution in [-0.2, 0) is 4.74 Å². The highest BCUT2D eigenvalue weighted by atomic mass is 16.5. The summed E-state index contributed by atoms with van der Waals surface area (Å²) >= 11 is 0. The van der Waals surface area contributed by atoms with Crippen LogP contribution in [0.5, 0.6) is 5.75 Å². The van der Waals surface area contributed by atoms with Crippen molar-refractivity contribution in [3.8, 4) is 5.75 Å². The predicted octanol–water partition coefficient (Wildman–Crippen LogP) is 3.84. The number of likely N-dealkylation sites (tertiary alicyclic amines) is 1. The minimum Gasteiger partial charge on any atom is -0.497 e. The number of hydrogen-bond donors (Lipinski definition) is 3. The van der Waals surface area contributed by atoms with Gasteiger partial charge in [0.2, 0.25) is 0 Å². The maximum atomic E-state index is 12.8. The first-order valence-corrected chi connectivity index (χ1v) is 10.3. The molecule has 2 aromatic rings. The fourth-order valence-corrected chi connectivity index (χ4v) is 3.71. The van der Waals surface area contributed by atoms with Gasteiger partial charge in [0.1, 0.15) is 5.75 Å². The molecule has 1 saturated heterocycles. The van der Waals surface area contributed by atoms with Crippen LogP contribution in [0.2, 0.25) is 0 Å². The number of hydrogen-bond acceptors (Lipinski definition) is 4. The summed E-state index contributed by atoms with van der Waals surface area (Å²) in [7, 11) is 3.23. The highest BCUT2D eigenvalue weighted by Gasteiger charge is 2.41. The lowest BCUT2D eigenvalue weighted by Crippen LogP contribution is -2.53. The summed E-state index contributed by atoms with van der Waals surface area (Å²) in [5.74, 6) is 0.724. The summed E-state index contributed by atoms with van der Waals surface area (Å²) in [5.41, 5.74) is 1.92. The predicted molar refractivity (Wildman–Crippen MR) is 121 cm³/mol. The van der Waals surface area contributed by atoms with Crippen molar-refractivity contribution >= 4 is 23.4 Å². The van der Waals surface area contributed by atoms with Gasteiger partial charge in [-0.2, -0.15) is 0 Å². The molecule has 4 amide bonds. The van der Waals surface area contributed by atoms with E-state index in [1.54, 1.807) is 43.4 Å². The number of benzene rings is 2. The molecule has 0 spiro atoms. The zero-order chi connectivity index (χ0) is 22.3. The van der Waals surface area contributed by atoms with E-state index in [0.29, 0.717) is 38.2 Å². The Hall–Kier alpha value is -3.26. The van der Waals surface area contributed by atoms with Crippen LogP contribution in [0.4, 0.5) is 21.0 Å². The number of carbonyl (C=O) groups is 2. The van der Waals surface area contributed by atoms with E-state index in [9.17, 15) is 9.59 Å². The molecule has 1 atom stereocenters. The number of rotatable bonds is 7. The molecule has 2 aromatic carbocycles. The Morgan fingerprint density at radius 2 is 1.84 bits per heavy atom. The number of amides is 4. The lowest BCUT2D eigenvalue weighted by atomic mass is 9.94. The van der Waals surface area contributed by atoms with Crippen molar-refractivity contribution in [2.75, 3.05) is 44.5 Å². The van der Waals surface area contributed by atoms with Crippen molar-refractivity contribution in [3.05, 3.63) is 54.1 Å². The van der Waals surface area contributed by atoms with Crippen LogP contribution in [0.3, 0.4) is 0 Å². The van der Waals surface area contributed by atoms with Gasteiger partial charge >= 0.3 is 12.1 Å². The van der Waals surface area contributed by atoms with E-state index in [1.807, 2.05) is 31.2 Å². The first-order chi connectivity index (χ1) is 14.9. The topological polar surface area (TPSA) is 91.9 Å². The molecule has 1 aliphatic heterocycles. The molecule has 0 aromatic heterocycles. The summed E-state index contributed by atoms with van der Waals surface area (Å²) < 4.78 is 10.4. The van der Waals surface area contributed by atoms with E-state index in [-0.39, 0.29) is 12.1 Å². The Morgan fingerprint density at radius 3 is 2.52 bits per heavy atom. The average molecular weight is 427 g/mol. The number of aryl methyl sites for hydroxylation is 1. The molecule has 3 N–H and O–H groups in total. The summed E-state index contributed by atoms with van der Waals surface area (Å²) in [6.45, 7) is 3.40. The van der Waals surface area contributed by atoms with Crippen LogP contribution in [-0.4, -0.2) is 56.4 Å². The van der Waals surface area contributed by atoms with Gasteiger partial charge in [0.25, 0.3) is 0 Å². The number of anilines is 2. The monoisotopic (exact) mass is 426 g/mol. The van der Waals surface area contributed by atoms with Gasteiger partial charge < -0.3 is 30.3 Å². The van der Waals surface area contributed by atoms with Gasteiger partial charge in [0.05, 0.1) is 12.6 Å². The highest BCUT2D eigenvalue weighted by Crippen LogP contribution is 2.26. The second kappa shape index (κ2) is 10.2. The van der Waals surface area contributed by atoms with Crippen molar-refractivity contribution < 1.29 is 19.1 Å². The van der Waals surface area contributed by atoms with Crippen LogP contribution in [0.1, 0.15) is 18.4 Å². The quantitative estimate of drug-likeness (QED) is 0.627. The van der Waals surface area contributed by atoms with Crippen molar-refractivity contribution in [2.24, 2.45) is 0 Å². The maximum absolute atomic E-state index is 12.8. The number of nitrogens with one attached hydrogen (secondary N) is 3. The Kier molecular flexibility index (Phi) is 7.36. The number of carbonyl (C=O) groups excluding carboxylic acids is 2. The van der Waals surface area contributed by atoms with Crippen LogP contribution in [0.25, 0.3) is 0 Å². The molecular formula is C23H30N4O4. The van der Waals surface area contributed by atoms with Crippen LogP contribution < -0.4 is 20.7 Å². The molecule has 0 radical (unpaired) electrons. The lowest BCUT2D eigenvalue weighted by molar-refractivity contribution is 0.156. The highest BCUT2D eigenvalue weighted by molar-refractivity contribution is 5.91. The van der Waals surface area contributed by atoms with E-state index in [0.717, 1.165) is 17.0 Å². The fourth-order valence-electron chi connectivity index (χ4n) is 3.71. The smallest absolute Gasteiger partial charge is 0.321 e. The van der Waals surface area contributed by atoms with Crippen LogP contribution >= 0.6 is 0 Å². The maximum Gasteiger partial charge on any atom is 0.321 e. The van der Waals surface area contributed by atoms with Crippen molar-refractivity contribution in [2.45, 2.75) is 25.3 Å². The minimum absolute atomic E-state index is 0.203. The molecule has 166 valence electrons. The standard InChI is InChI=1S/C23H30N4O4/c1-17-5-4-6-19(15-17)24-21(28)26-23(12-14-30-2)11-13-27(16-23)22(29)25-18-7-9-20(31-3)10-8-18/h4-10,15H,11-14,16H2,1-3H3,(H,25,29)(H2,24,26,28). The van der Waals surface area contributed by atoms with E-state index >= 15 is 0 Å². The molecule has 0 saturated carbocycles. The summed E-state index contributed by atoms with van der Waals surface area (Å²) in [6.07, 6.45) is 1.25. The van der Waals surface area contributed by atoms with E-state index < -0.39 is 5.54 Å². The lowest BCUT2D eigenvalue weighted by Gasteiger charge is -2.30. The fraction of sp³-hybridized carbons (Fsp3) is 0.391. The van der Waals surface area contributed by atoms with E-state index in [4.69, 9.17) is 9.47 Å². The molecule has 8 heteroatoms. The number of nitrogens with zero attached hydrogens (tertiary/aromatic N) is 1. The molecule has 0 bridgehead atoms. The molecule has 31 heavy (non-hydrogen) atoms. The second-order valence-corrected chi connectivity index (χ2v) is 7.80. The summed E-state index contributed by atoms with van der Waals surface area (Å²) in [5, 5.41) is 8.87. The number of urea groups is 2. The van der Waals surface area contributed by atoms with E-state index in [2.05, 4.69) is 16.0 Å². The van der Waals surface area contributed by atoms with Crippen molar-refractivity contribution in [1.29, 1.82) is 0 Å². The minimum atomic E-state index is -0.554. The molecule has 3 rings (SSSR count). The average Bonchev–Trinajstić information content (AvgIpc) is 3.17. The van der Waals surface area contributed by atoms with Crippen LogP contribution in [0, 0.1) is 6.92 Å². The Morgan fingerprint density at radius 1 is 1.06 bits per heavy atom. The first kappa shape index (κ1) is 22.4. The summed E-state index contributed by atoms with van der Waals surface area (Å²) in [4.78, 5) is 27.2. The molecule has 1 unspecified atom stereocenters. The third-order valence-electron chi connectivity index (χ3n) is 5.42. The first-order valence-electron chi connectivity index (χ1n) is 10.3. The molecule has 0 aliphatic carbocycles. The number of methoxy groups -OCH3 is 2. The van der Waals surface area contributed by atoms with Crippen molar-refractivity contribution in [1.82, 2.24) is 10.2 Å². The molecule has 1 fully saturated rings. The normalized spacial score (nSPS) is 17.8. The van der Waals surface area contributed by atoms with Gasteiger partial charge in [0.15, 0.2) is 0 Å². The summed E-state index contributed by atoms with van der Waals surface area (Å²) in [6, 6.07) is 14.3. The molecular weight excluding hydrogens is 396 g/mol. The largest absolute Gasteiger partial charge is 0.497 e. The SMILES string of the molecule is COCCC1(NC(=O)Nc2cccc(C)c2)CCN(C(=O)Nc2ccc(OC)cc2)C1.